The van der Waals surface area contributed by atoms with E-state index in [1.165, 1.54) is 6.07 Å². The number of nitrogens with zero attached hydrogens (tertiary/aromatic N) is 5. The summed E-state index contributed by atoms with van der Waals surface area (Å²) in [6.07, 6.45) is 13.1. The summed E-state index contributed by atoms with van der Waals surface area (Å²) in [5, 5.41) is 1.32. The van der Waals surface area contributed by atoms with E-state index in [0.29, 0.717) is 28.1 Å². The van der Waals surface area contributed by atoms with Crippen LogP contribution in [0.5, 0.6) is 0 Å². The number of aromatic amines is 1. The van der Waals surface area contributed by atoms with Gasteiger partial charge in [0.15, 0.2) is 5.82 Å². The van der Waals surface area contributed by atoms with Crippen LogP contribution in [0.4, 0.5) is 4.39 Å². The Labute approximate surface area is 206 Å². The molecule has 5 aromatic heterocycles. The van der Waals surface area contributed by atoms with Gasteiger partial charge in [-0.3, -0.25) is 9.78 Å². The number of hydrogen-bond acceptors (Lipinski definition) is 6. The molecule has 0 spiro atoms. The van der Waals surface area contributed by atoms with Gasteiger partial charge < -0.3 is 14.3 Å². The molecule has 8 nitrogen and oxygen atoms in total. The van der Waals surface area contributed by atoms with E-state index in [1.54, 1.807) is 43.9 Å². The molecule has 0 unspecified atom stereocenters. The van der Waals surface area contributed by atoms with Crippen LogP contribution in [-0.4, -0.2) is 42.1 Å². The van der Waals surface area contributed by atoms with Crippen molar-refractivity contribution in [1.82, 2.24) is 29.5 Å². The summed E-state index contributed by atoms with van der Waals surface area (Å²) in [5.74, 6) is -1.17. The van der Waals surface area contributed by atoms with Crippen molar-refractivity contribution in [3.8, 4) is 22.5 Å². The SMILES string of the molecule is C=C[C@H]([C@@H](C=C)C(=O)OCC)n1cc(-c2cccnc2)c2cnc(-c3c[nH]c4ncc(F)cc34)nc21. The van der Waals surface area contributed by atoms with Gasteiger partial charge >= 0.3 is 5.97 Å². The van der Waals surface area contributed by atoms with Crippen molar-refractivity contribution in [2.45, 2.75) is 13.0 Å². The van der Waals surface area contributed by atoms with Crippen LogP contribution < -0.4 is 0 Å². The summed E-state index contributed by atoms with van der Waals surface area (Å²) in [6.45, 7) is 9.83. The molecule has 36 heavy (non-hydrogen) atoms. The van der Waals surface area contributed by atoms with E-state index in [1.807, 2.05) is 22.9 Å². The van der Waals surface area contributed by atoms with Crippen molar-refractivity contribution < 1.29 is 13.9 Å². The number of hydrogen-bond donors (Lipinski definition) is 1. The molecule has 0 aliphatic rings. The third-order valence-electron chi connectivity index (χ3n) is 6.03. The van der Waals surface area contributed by atoms with Crippen LogP contribution in [0.3, 0.4) is 0 Å². The predicted octanol–water partition coefficient (Wildman–Crippen LogP) is 5.27. The van der Waals surface area contributed by atoms with Crippen LogP contribution >= 0.6 is 0 Å². The van der Waals surface area contributed by atoms with Gasteiger partial charge in [-0.2, -0.15) is 0 Å². The number of allylic oxidation sites excluding steroid dienone is 1. The Morgan fingerprint density at radius 3 is 2.78 bits per heavy atom. The van der Waals surface area contributed by atoms with Gasteiger partial charge in [0.1, 0.15) is 17.1 Å². The fourth-order valence-electron chi connectivity index (χ4n) is 4.35. The summed E-state index contributed by atoms with van der Waals surface area (Å²) in [6, 6.07) is 4.65. The zero-order valence-corrected chi connectivity index (χ0v) is 19.6. The van der Waals surface area contributed by atoms with E-state index >= 15 is 0 Å². The molecule has 5 aromatic rings. The number of carbonyl (C=O) groups excluding carboxylic acids is 1. The number of rotatable bonds is 8. The van der Waals surface area contributed by atoms with Crippen molar-refractivity contribution >= 4 is 28.0 Å². The lowest BCUT2D eigenvalue weighted by molar-refractivity contribution is -0.147. The number of aromatic nitrogens is 6. The van der Waals surface area contributed by atoms with E-state index in [0.717, 1.165) is 22.7 Å². The highest BCUT2D eigenvalue weighted by atomic mass is 19.1. The number of fused-ring (bicyclic) bond motifs is 2. The van der Waals surface area contributed by atoms with Crippen molar-refractivity contribution in [1.29, 1.82) is 0 Å². The Morgan fingerprint density at radius 2 is 2.06 bits per heavy atom. The number of pyridine rings is 2. The molecular formula is C27H23FN6O2. The van der Waals surface area contributed by atoms with Gasteiger partial charge in [-0.1, -0.05) is 18.2 Å². The van der Waals surface area contributed by atoms with Gasteiger partial charge in [-0.05, 0) is 19.1 Å². The van der Waals surface area contributed by atoms with Crippen molar-refractivity contribution in [2.24, 2.45) is 5.92 Å². The largest absolute Gasteiger partial charge is 0.465 e. The minimum Gasteiger partial charge on any atom is -0.465 e. The number of carbonyl (C=O) groups is 1. The van der Waals surface area contributed by atoms with E-state index < -0.39 is 23.7 Å². The van der Waals surface area contributed by atoms with Crippen molar-refractivity contribution in [2.75, 3.05) is 6.61 Å². The Balaban J connectivity index is 1.74. The van der Waals surface area contributed by atoms with Gasteiger partial charge in [0.05, 0.1) is 24.8 Å². The highest BCUT2D eigenvalue weighted by molar-refractivity contribution is 5.96. The first-order valence-corrected chi connectivity index (χ1v) is 11.4. The lowest BCUT2D eigenvalue weighted by atomic mass is 10.00. The molecule has 5 rings (SSSR count). The highest BCUT2D eigenvalue weighted by Crippen LogP contribution is 2.36. The molecule has 1 N–H and O–H groups in total. The zero-order chi connectivity index (χ0) is 25.2. The Hall–Kier alpha value is -4.66. The number of halogens is 1. The second-order valence-corrected chi connectivity index (χ2v) is 8.11. The Morgan fingerprint density at radius 1 is 1.19 bits per heavy atom. The van der Waals surface area contributed by atoms with Gasteiger partial charge in [0.25, 0.3) is 0 Å². The first kappa shape index (κ1) is 23.1. The third-order valence-corrected chi connectivity index (χ3v) is 6.03. The van der Waals surface area contributed by atoms with E-state index in [9.17, 15) is 9.18 Å². The molecule has 2 atom stereocenters. The maximum absolute atomic E-state index is 13.9. The number of esters is 1. The van der Waals surface area contributed by atoms with E-state index in [4.69, 9.17) is 9.72 Å². The molecule has 180 valence electrons. The van der Waals surface area contributed by atoms with Crippen molar-refractivity contribution in [3.05, 3.63) is 86.5 Å². The summed E-state index contributed by atoms with van der Waals surface area (Å²) >= 11 is 0. The van der Waals surface area contributed by atoms with Crippen LogP contribution in [-0.2, 0) is 9.53 Å². The molecule has 0 amide bonds. The fraction of sp³-hybridized carbons (Fsp3) is 0.148. The highest BCUT2D eigenvalue weighted by Gasteiger charge is 2.29. The molecule has 0 fully saturated rings. The van der Waals surface area contributed by atoms with Crippen LogP contribution in [0.15, 0.2) is 80.7 Å². The lowest BCUT2D eigenvalue weighted by Crippen LogP contribution is -2.25. The molecule has 9 heteroatoms. The Kier molecular flexibility index (Phi) is 6.12. The van der Waals surface area contributed by atoms with Gasteiger partial charge in [-0.15, -0.1) is 13.2 Å². The first-order valence-electron chi connectivity index (χ1n) is 11.4. The van der Waals surface area contributed by atoms with Crippen LogP contribution in [0.25, 0.3) is 44.6 Å². The van der Waals surface area contributed by atoms with E-state index in [2.05, 4.69) is 33.1 Å². The molecule has 0 aromatic carbocycles. The standard InChI is InChI=1S/C27H23FN6O2/c1-4-18(27(35)36-6-3)23(5-2)34-15-22(16-8-7-9-29-11-16)21-14-32-25(33-26(21)34)20-13-31-24-19(20)10-17(28)12-30-24/h4-5,7-15,18,23H,1-2,6H2,3H3,(H,30,31)/t18-,23-/m1/s1. The number of H-pyrrole nitrogens is 1. The van der Waals surface area contributed by atoms with Crippen LogP contribution in [0.2, 0.25) is 0 Å². The number of nitrogens with one attached hydrogen (secondary N) is 1. The fourth-order valence-corrected chi connectivity index (χ4v) is 4.35. The average Bonchev–Trinajstić information content (AvgIpc) is 3.48. The number of ether oxygens (including phenoxy) is 1. The van der Waals surface area contributed by atoms with Crippen molar-refractivity contribution in [3.63, 3.8) is 0 Å². The maximum atomic E-state index is 13.9. The molecular weight excluding hydrogens is 459 g/mol. The van der Waals surface area contributed by atoms with Gasteiger partial charge in [-0.25, -0.2) is 19.3 Å². The summed E-state index contributed by atoms with van der Waals surface area (Å²) in [7, 11) is 0. The first-order chi connectivity index (χ1) is 17.5. The quantitative estimate of drug-likeness (QED) is 0.239. The maximum Gasteiger partial charge on any atom is 0.315 e. The second-order valence-electron chi connectivity index (χ2n) is 8.11. The lowest BCUT2D eigenvalue weighted by Gasteiger charge is -2.22. The topological polar surface area (TPSA) is 98.6 Å². The second kappa shape index (κ2) is 9.53. The summed E-state index contributed by atoms with van der Waals surface area (Å²) in [5.41, 5.74) is 3.41. The smallest absolute Gasteiger partial charge is 0.315 e. The predicted molar refractivity (Wildman–Crippen MR) is 135 cm³/mol. The summed E-state index contributed by atoms with van der Waals surface area (Å²) < 4.78 is 21.1. The third kappa shape index (κ3) is 3.94. The normalized spacial score (nSPS) is 12.9. The summed E-state index contributed by atoms with van der Waals surface area (Å²) in [4.78, 5) is 33.6. The van der Waals surface area contributed by atoms with E-state index in [-0.39, 0.29) is 6.61 Å². The zero-order valence-electron chi connectivity index (χ0n) is 19.6. The molecule has 0 bridgehead atoms. The minimum atomic E-state index is -0.690. The average molecular weight is 483 g/mol. The van der Waals surface area contributed by atoms with Crippen LogP contribution in [0, 0.1) is 11.7 Å². The molecule has 5 heterocycles. The minimum absolute atomic E-state index is 0.248. The van der Waals surface area contributed by atoms with Gasteiger partial charge in [0.2, 0.25) is 0 Å². The molecule has 0 radical (unpaired) electrons. The Bertz CT molecular complexity index is 1590. The van der Waals surface area contributed by atoms with Gasteiger partial charge in [0, 0.05) is 58.4 Å². The molecule has 0 aliphatic carbocycles. The molecule has 0 saturated carbocycles. The van der Waals surface area contributed by atoms with Crippen LogP contribution in [0.1, 0.15) is 13.0 Å². The molecule has 0 aliphatic heterocycles. The monoisotopic (exact) mass is 482 g/mol. The molecule has 0 saturated heterocycles.